The zero-order valence-corrected chi connectivity index (χ0v) is 13.1. The topological polar surface area (TPSA) is 41.6 Å². The summed E-state index contributed by atoms with van der Waals surface area (Å²) in [5.41, 5.74) is 0.696. The monoisotopic (exact) mass is 290 g/mol. The summed E-state index contributed by atoms with van der Waals surface area (Å²) in [6, 6.07) is 7.89. The van der Waals surface area contributed by atoms with Crippen LogP contribution in [0.4, 0.5) is 0 Å². The van der Waals surface area contributed by atoms with Gasteiger partial charge >= 0.3 is 0 Å². The van der Waals surface area contributed by atoms with Crippen LogP contribution in [-0.2, 0) is 0 Å². The van der Waals surface area contributed by atoms with Crippen LogP contribution in [0.1, 0.15) is 43.0 Å². The molecular formula is C17H26N2O2. The molecule has 1 heterocycles. The zero-order valence-electron chi connectivity index (χ0n) is 13.1. The summed E-state index contributed by atoms with van der Waals surface area (Å²) in [5.74, 6) is 0.830. The number of hydrogen-bond donors (Lipinski definition) is 1. The highest BCUT2D eigenvalue weighted by molar-refractivity contribution is 5.94. The van der Waals surface area contributed by atoms with Gasteiger partial charge in [0.15, 0.2) is 0 Å². The molecule has 0 spiro atoms. The number of rotatable bonds is 6. The Morgan fingerprint density at radius 2 is 2.29 bits per heavy atom. The third-order valence-corrected chi connectivity index (χ3v) is 3.81. The van der Waals surface area contributed by atoms with E-state index in [1.165, 1.54) is 12.8 Å². The van der Waals surface area contributed by atoms with Crippen LogP contribution in [0.15, 0.2) is 24.3 Å². The summed E-state index contributed by atoms with van der Waals surface area (Å²) in [6.07, 6.45) is 4.60. The van der Waals surface area contributed by atoms with Gasteiger partial charge in [0.2, 0.25) is 0 Å². The van der Waals surface area contributed by atoms with Crippen molar-refractivity contribution < 1.29 is 9.53 Å². The van der Waals surface area contributed by atoms with Crippen molar-refractivity contribution in [3.05, 3.63) is 29.8 Å². The van der Waals surface area contributed by atoms with Gasteiger partial charge in [-0.05, 0) is 44.0 Å². The predicted octanol–water partition coefficient (Wildman–Crippen LogP) is 2.69. The predicted molar refractivity (Wildman–Crippen MR) is 84.8 cm³/mol. The Bertz CT molecular complexity index is 456. The number of nitrogens with zero attached hydrogens (tertiary/aromatic N) is 1. The molecule has 1 aromatic carbocycles. The van der Waals surface area contributed by atoms with E-state index in [0.717, 1.165) is 31.7 Å². The minimum absolute atomic E-state index is 0.0596. The van der Waals surface area contributed by atoms with Gasteiger partial charge in [0.1, 0.15) is 5.75 Å². The first-order valence-electron chi connectivity index (χ1n) is 7.92. The fourth-order valence-corrected chi connectivity index (χ4v) is 2.65. The Kier molecular flexibility index (Phi) is 6.05. The van der Waals surface area contributed by atoms with Crippen LogP contribution < -0.4 is 10.1 Å². The molecular weight excluding hydrogens is 264 g/mol. The SMILES string of the molecule is CCCOc1cccc(C(=O)N(C)CC2CCCCN2)c1. The lowest BCUT2D eigenvalue weighted by Gasteiger charge is -2.28. The van der Waals surface area contributed by atoms with Crippen molar-refractivity contribution in [1.29, 1.82) is 0 Å². The van der Waals surface area contributed by atoms with Gasteiger partial charge in [-0.2, -0.15) is 0 Å². The van der Waals surface area contributed by atoms with Crippen LogP contribution in [0.25, 0.3) is 0 Å². The lowest BCUT2D eigenvalue weighted by atomic mass is 10.0. The molecule has 4 heteroatoms. The van der Waals surface area contributed by atoms with Gasteiger partial charge < -0.3 is 15.0 Å². The van der Waals surface area contributed by atoms with Gasteiger partial charge in [-0.15, -0.1) is 0 Å². The zero-order chi connectivity index (χ0) is 15.1. The molecule has 2 rings (SSSR count). The van der Waals surface area contributed by atoms with Crippen LogP contribution in [-0.4, -0.2) is 43.6 Å². The smallest absolute Gasteiger partial charge is 0.253 e. The van der Waals surface area contributed by atoms with E-state index in [0.29, 0.717) is 18.2 Å². The molecule has 1 N–H and O–H groups in total. The average Bonchev–Trinajstić information content (AvgIpc) is 2.53. The second kappa shape index (κ2) is 8.03. The third kappa shape index (κ3) is 4.74. The molecule has 4 nitrogen and oxygen atoms in total. The minimum atomic E-state index is 0.0596. The van der Waals surface area contributed by atoms with E-state index in [1.807, 2.05) is 36.2 Å². The number of likely N-dealkylation sites (N-methyl/N-ethyl adjacent to an activating group) is 1. The van der Waals surface area contributed by atoms with Crippen molar-refractivity contribution in [2.45, 2.75) is 38.6 Å². The summed E-state index contributed by atoms with van der Waals surface area (Å²) in [7, 11) is 1.87. The van der Waals surface area contributed by atoms with E-state index in [4.69, 9.17) is 4.74 Å². The molecule has 1 aliphatic heterocycles. The van der Waals surface area contributed by atoms with Crippen LogP contribution in [0.5, 0.6) is 5.75 Å². The fraction of sp³-hybridized carbons (Fsp3) is 0.588. The summed E-state index contributed by atoms with van der Waals surface area (Å²) < 4.78 is 5.59. The van der Waals surface area contributed by atoms with Gasteiger partial charge in [0, 0.05) is 25.2 Å². The van der Waals surface area contributed by atoms with E-state index < -0.39 is 0 Å². The molecule has 1 saturated heterocycles. The second-order valence-electron chi connectivity index (χ2n) is 5.71. The molecule has 0 saturated carbocycles. The maximum absolute atomic E-state index is 12.5. The third-order valence-electron chi connectivity index (χ3n) is 3.81. The van der Waals surface area contributed by atoms with Gasteiger partial charge in [-0.25, -0.2) is 0 Å². The molecule has 1 aliphatic rings. The maximum Gasteiger partial charge on any atom is 0.253 e. The molecule has 0 bridgehead atoms. The molecule has 1 unspecified atom stereocenters. The van der Waals surface area contributed by atoms with Crippen molar-refractivity contribution in [3.8, 4) is 5.75 Å². The number of nitrogens with one attached hydrogen (secondary N) is 1. The van der Waals surface area contributed by atoms with E-state index in [-0.39, 0.29) is 5.91 Å². The average molecular weight is 290 g/mol. The summed E-state index contributed by atoms with van der Waals surface area (Å²) in [4.78, 5) is 14.3. The van der Waals surface area contributed by atoms with E-state index in [9.17, 15) is 4.79 Å². The highest BCUT2D eigenvalue weighted by Crippen LogP contribution is 2.16. The number of benzene rings is 1. The quantitative estimate of drug-likeness (QED) is 0.876. The van der Waals surface area contributed by atoms with Crippen LogP contribution in [0.2, 0.25) is 0 Å². The van der Waals surface area contributed by atoms with Crippen LogP contribution in [0, 0.1) is 0 Å². The van der Waals surface area contributed by atoms with Gasteiger partial charge in [-0.1, -0.05) is 19.4 Å². The minimum Gasteiger partial charge on any atom is -0.494 e. The molecule has 0 aromatic heterocycles. The van der Waals surface area contributed by atoms with E-state index >= 15 is 0 Å². The number of piperidine rings is 1. The lowest BCUT2D eigenvalue weighted by Crippen LogP contribution is -2.44. The van der Waals surface area contributed by atoms with Gasteiger partial charge in [0.25, 0.3) is 5.91 Å². The second-order valence-corrected chi connectivity index (χ2v) is 5.71. The lowest BCUT2D eigenvalue weighted by molar-refractivity contribution is 0.0775. The van der Waals surface area contributed by atoms with Crippen molar-refractivity contribution >= 4 is 5.91 Å². The Balaban J connectivity index is 1.94. The van der Waals surface area contributed by atoms with E-state index in [1.54, 1.807) is 0 Å². The highest BCUT2D eigenvalue weighted by atomic mass is 16.5. The van der Waals surface area contributed by atoms with Crippen molar-refractivity contribution in [2.24, 2.45) is 0 Å². The van der Waals surface area contributed by atoms with Gasteiger partial charge in [-0.3, -0.25) is 4.79 Å². The molecule has 1 amide bonds. The van der Waals surface area contributed by atoms with Crippen molar-refractivity contribution in [3.63, 3.8) is 0 Å². The largest absolute Gasteiger partial charge is 0.494 e. The number of carbonyl (C=O) groups excluding carboxylic acids is 1. The Labute approximate surface area is 127 Å². The van der Waals surface area contributed by atoms with Crippen molar-refractivity contribution in [1.82, 2.24) is 10.2 Å². The number of ether oxygens (including phenoxy) is 1. The van der Waals surface area contributed by atoms with Crippen molar-refractivity contribution in [2.75, 3.05) is 26.7 Å². The fourth-order valence-electron chi connectivity index (χ4n) is 2.65. The van der Waals surface area contributed by atoms with Gasteiger partial charge in [0.05, 0.1) is 6.61 Å². The maximum atomic E-state index is 12.5. The molecule has 0 aliphatic carbocycles. The number of hydrogen-bond acceptors (Lipinski definition) is 3. The molecule has 1 aromatic rings. The summed E-state index contributed by atoms with van der Waals surface area (Å²) in [5, 5.41) is 3.48. The number of carbonyl (C=O) groups is 1. The van der Waals surface area contributed by atoms with Crippen LogP contribution in [0.3, 0.4) is 0 Å². The molecule has 0 radical (unpaired) electrons. The first-order valence-corrected chi connectivity index (χ1v) is 7.92. The summed E-state index contributed by atoms with van der Waals surface area (Å²) in [6.45, 7) is 4.57. The molecule has 21 heavy (non-hydrogen) atoms. The first kappa shape index (κ1) is 15.8. The Morgan fingerprint density at radius 1 is 1.43 bits per heavy atom. The standard InChI is InChI=1S/C17H26N2O2/c1-3-11-21-16-9-6-7-14(12-16)17(20)19(2)13-15-8-4-5-10-18-15/h6-7,9,12,15,18H,3-5,8,10-11,13H2,1-2H3. The summed E-state index contributed by atoms with van der Waals surface area (Å²) >= 11 is 0. The van der Waals surface area contributed by atoms with Crippen LogP contribution >= 0.6 is 0 Å². The number of amides is 1. The highest BCUT2D eigenvalue weighted by Gasteiger charge is 2.18. The Hall–Kier alpha value is -1.55. The molecule has 1 fully saturated rings. The Morgan fingerprint density at radius 3 is 3.00 bits per heavy atom. The molecule has 1 atom stereocenters. The molecule has 116 valence electrons. The van der Waals surface area contributed by atoms with E-state index in [2.05, 4.69) is 12.2 Å². The normalized spacial score (nSPS) is 18.3. The first-order chi connectivity index (χ1) is 10.2.